The van der Waals surface area contributed by atoms with Crippen molar-refractivity contribution in [3.63, 3.8) is 0 Å². The molecule has 1 aromatic carbocycles. The first-order valence-electron chi connectivity index (χ1n) is 7.44. The SMILES string of the molecule is CC(C)C(C)(C#N)NC(=O)CNc1cc(C(F)(F)F)cc(C(F)(F)F)c1. The van der Waals surface area contributed by atoms with Gasteiger partial charge in [-0.05, 0) is 31.0 Å². The number of carbonyl (C=O) groups is 1. The highest BCUT2D eigenvalue weighted by Crippen LogP contribution is 2.37. The Hall–Kier alpha value is -2.44. The summed E-state index contributed by atoms with van der Waals surface area (Å²) in [5.41, 5.74) is -4.70. The second kappa shape index (κ2) is 7.43. The molecule has 0 aliphatic carbocycles. The van der Waals surface area contributed by atoms with Crippen molar-refractivity contribution < 1.29 is 31.1 Å². The van der Waals surface area contributed by atoms with Gasteiger partial charge in [0.25, 0.3) is 0 Å². The van der Waals surface area contributed by atoms with Crippen LogP contribution < -0.4 is 10.6 Å². The number of nitrogens with zero attached hydrogens (tertiary/aromatic N) is 1. The van der Waals surface area contributed by atoms with E-state index in [1.165, 1.54) is 6.92 Å². The second-order valence-corrected chi connectivity index (χ2v) is 6.17. The topological polar surface area (TPSA) is 64.9 Å². The van der Waals surface area contributed by atoms with Crippen molar-refractivity contribution in [1.29, 1.82) is 5.26 Å². The maximum absolute atomic E-state index is 12.8. The molecule has 26 heavy (non-hydrogen) atoms. The fraction of sp³-hybridized carbons (Fsp3) is 0.500. The minimum absolute atomic E-state index is 0.00321. The molecule has 0 saturated heterocycles. The molecular weight excluding hydrogens is 364 g/mol. The summed E-state index contributed by atoms with van der Waals surface area (Å²) in [6.07, 6.45) is -9.95. The van der Waals surface area contributed by atoms with Gasteiger partial charge in [0.1, 0.15) is 5.54 Å². The Morgan fingerprint density at radius 2 is 1.54 bits per heavy atom. The minimum atomic E-state index is -4.98. The van der Waals surface area contributed by atoms with Gasteiger partial charge in [0.15, 0.2) is 0 Å². The minimum Gasteiger partial charge on any atom is -0.376 e. The van der Waals surface area contributed by atoms with Gasteiger partial charge < -0.3 is 10.6 Å². The van der Waals surface area contributed by atoms with Gasteiger partial charge in [-0.3, -0.25) is 4.79 Å². The van der Waals surface area contributed by atoms with Crippen molar-refractivity contribution in [3.8, 4) is 6.07 Å². The lowest BCUT2D eigenvalue weighted by atomic mass is 9.90. The summed E-state index contributed by atoms with van der Waals surface area (Å²) in [6.45, 7) is 4.23. The molecule has 0 aliphatic heterocycles. The lowest BCUT2D eigenvalue weighted by Gasteiger charge is -2.27. The van der Waals surface area contributed by atoms with Gasteiger partial charge in [-0.15, -0.1) is 0 Å². The van der Waals surface area contributed by atoms with Crippen LogP contribution in [0.4, 0.5) is 32.0 Å². The summed E-state index contributed by atoms with van der Waals surface area (Å²) in [5, 5.41) is 13.7. The van der Waals surface area contributed by atoms with E-state index in [0.717, 1.165) is 0 Å². The van der Waals surface area contributed by atoms with Gasteiger partial charge >= 0.3 is 12.4 Å². The van der Waals surface area contributed by atoms with E-state index in [2.05, 4.69) is 10.6 Å². The van der Waals surface area contributed by atoms with Crippen LogP contribution in [0, 0.1) is 17.2 Å². The first-order chi connectivity index (χ1) is 11.7. The Balaban J connectivity index is 3.00. The van der Waals surface area contributed by atoms with Crippen molar-refractivity contribution in [2.24, 2.45) is 5.92 Å². The van der Waals surface area contributed by atoms with Crippen LogP contribution >= 0.6 is 0 Å². The quantitative estimate of drug-likeness (QED) is 0.752. The summed E-state index contributed by atoms with van der Waals surface area (Å²) in [4.78, 5) is 11.9. The Morgan fingerprint density at radius 3 is 1.88 bits per heavy atom. The van der Waals surface area contributed by atoms with Crippen LogP contribution in [0.3, 0.4) is 0 Å². The molecular formula is C16H17F6N3O. The molecule has 2 N–H and O–H groups in total. The maximum atomic E-state index is 12.8. The van der Waals surface area contributed by atoms with Crippen molar-refractivity contribution in [1.82, 2.24) is 5.32 Å². The van der Waals surface area contributed by atoms with E-state index in [1.807, 2.05) is 6.07 Å². The van der Waals surface area contributed by atoms with Crippen molar-refractivity contribution in [2.45, 2.75) is 38.7 Å². The van der Waals surface area contributed by atoms with Crippen LogP contribution in [0.2, 0.25) is 0 Å². The van der Waals surface area contributed by atoms with E-state index in [9.17, 15) is 31.1 Å². The average molecular weight is 381 g/mol. The smallest absolute Gasteiger partial charge is 0.376 e. The van der Waals surface area contributed by atoms with Gasteiger partial charge in [0, 0.05) is 5.69 Å². The summed E-state index contributed by atoms with van der Waals surface area (Å²) < 4.78 is 76.7. The van der Waals surface area contributed by atoms with E-state index in [0.29, 0.717) is 12.1 Å². The molecule has 0 bridgehead atoms. The van der Waals surface area contributed by atoms with Crippen LogP contribution in [0.15, 0.2) is 18.2 Å². The number of alkyl halides is 6. The molecule has 4 nitrogen and oxygen atoms in total. The summed E-state index contributed by atoms with van der Waals surface area (Å²) in [6, 6.07) is 2.87. The number of benzene rings is 1. The van der Waals surface area contributed by atoms with Crippen molar-refractivity contribution in [2.75, 3.05) is 11.9 Å². The number of rotatable bonds is 5. The highest BCUT2D eigenvalue weighted by molar-refractivity contribution is 5.82. The molecule has 1 aromatic rings. The second-order valence-electron chi connectivity index (χ2n) is 6.17. The van der Waals surface area contributed by atoms with Crippen LogP contribution in [0.25, 0.3) is 0 Å². The molecule has 1 amide bonds. The van der Waals surface area contributed by atoms with Crippen LogP contribution in [0.5, 0.6) is 0 Å². The van der Waals surface area contributed by atoms with Gasteiger partial charge in [0.2, 0.25) is 5.91 Å². The monoisotopic (exact) mass is 381 g/mol. The van der Waals surface area contributed by atoms with Crippen LogP contribution in [-0.4, -0.2) is 18.0 Å². The number of amides is 1. The number of hydrogen-bond acceptors (Lipinski definition) is 3. The number of carbonyl (C=O) groups excluding carboxylic acids is 1. The summed E-state index contributed by atoms with van der Waals surface area (Å²) in [5.74, 6) is -1.00. The molecule has 0 fully saturated rings. The summed E-state index contributed by atoms with van der Waals surface area (Å²) in [7, 11) is 0. The van der Waals surface area contributed by atoms with Crippen molar-refractivity contribution in [3.05, 3.63) is 29.3 Å². The van der Waals surface area contributed by atoms with Gasteiger partial charge in [-0.2, -0.15) is 31.6 Å². The largest absolute Gasteiger partial charge is 0.416 e. The Bertz CT molecular complexity index is 673. The van der Waals surface area contributed by atoms with Gasteiger partial charge in [-0.25, -0.2) is 0 Å². The molecule has 0 spiro atoms. The van der Waals surface area contributed by atoms with E-state index in [-0.39, 0.29) is 12.0 Å². The normalized spacial score (nSPS) is 14.5. The predicted octanol–water partition coefficient (Wildman–Crippen LogP) is 4.19. The number of hydrogen-bond donors (Lipinski definition) is 2. The Labute approximate surface area is 146 Å². The van der Waals surface area contributed by atoms with Gasteiger partial charge in [0.05, 0.1) is 23.7 Å². The molecule has 10 heteroatoms. The maximum Gasteiger partial charge on any atom is 0.416 e. The third-order valence-electron chi connectivity index (χ3n) is 3.83. The predicted molar refractivity (Wildman–Crippen MR) is 81.9 cm³/mol. The fourth-order valence-corrected chi connectivity index (χ4v) is 1.87. The van der Waals surface area contributed by atoms with Gasteiger partial charge in [-0.1, -0.05) is 13.8 Å². The fourth-order valence-electron chi connectivity index (χ4n) is 1.87. The zero-order valence-corrected chi connectivity index (χ0v) is 14.1. The molecule has 0 aliphatic rings. The van der Waals surface area contributed by atoms with E-state index >= 15 is 0 Å². The zero-order chi connectivity index (χ0) is 20.3. The van der Waals surface area contributed by atoms with E-state index in [4.69, 9.17) is 5.26 Å². The molecule has 144 valence electrons. The van der Waals surface area contributed by atoms with E-state index < -0.39 is 47.2 Å². The lowest BCUT2D eigenvalue weighted by Crippen LogP contribution is -2.50. The molecule has 1 rings (SSSR count). The summed E-state index contributed by atoms with van der Waals surface area (Å²) >= 11 is 0. The molecule has 0 radical (unpaired) electrons. The molecule has 1 unspecified atom stereocenters. The zero-order valence-electron chi connectivity index (χ0n) is 14.1. The first kappa shape index (κ1) is 21.6. The first-order valence-corrected chi connectivity index (χ1v) is 7.44. The van der Waals surface area contributed by atoms with Crippen LogP contribution in [0.1, 0.15) is 31.9 Å². The molecule has 1 atom stereocenters. The standard InChI is InChI=1S/C16H17F6N3O/c1-9(2)14(3,8-23)25-13(26)7-24-12-5-10(15(17,18)19)4-11(6-12)16(20,21)22/h4-6,9,24H,7H2,1-3H3,(H,25,26). The Morgan fingerprint density at radius 1 is 1.08 bits per heavy atom. The van der Waals surface area contributed by atoms with E-state index in [1.54, 1.807) is 13.8 Å². The third-order valence-corrected chi connectivity index (χ3v) is 3.83. The number of halogens is 6. The van der Waals surface area contributed by atoms with Crippen LogP contribution in [-0.2, 0) is 17.1 Å². The highest BCUT2D eigenvalue weighted by Gasteiger charge is 2.37. The lowest BCUT2D eigenvalue weighted by molar-refractivity contribution is -0.143. The highest BCUT2D eigenvalue weighted by atomic mass is 19.4. The third kappa shape index (κ3) is 5.54. The molecule has 0 heterocycles. The molecule has 0 saturated carbocycles. The van der Waals surface area contributed by atoms with Crippen molar-refractivity contribution >= 4 is 11.6 Å². The number of anilines is 1. The average Bonchev–Trinajstić information content (AvgIpc) is 2.50. The number of nitrogens with one attached hydrogen (secondary N) is 2. The molecule has 0 aromatic heterocycles. The Kier molecular flexibility index (Phi) is 6.18. The number of nitriles is 1.